The summed E-state index contributed by atoms with van der Waals surface area (Å²) in [5, 5.41) is 3.07. The van der Waals surface area contributed by atoms with Crippen LogP contribution in [0.2, 0.25) is 0 Å². The predicted octanol–water partition coefficient (Wildman–Crippen LogP) is 1.69. The Bertz CT molecular complexity index is 511. The molecule has 0 aliphatic rings. The third kappa shape index (κ3) is 3.72. The van der Waals surface area contributed by atoms with Crippen molar-refractivity contribution in [2.24, 2.45) is 0 Å². The van der Waals surface area contributed by atoms with Crippen LogP contribution in [0, 0.1) is 0 Å². The van der Waals surface area contributed by atoms with E-state index in [0.29, 0.717) is 6.61 Å². The number of methoxy groups -OCH3 is 1. The maximum Gasteiger partial charge on any atom is 0.161 e. The molecule has 0 aliphatic carbocycles. The Morgan fingerprint density at radius 3 is 2.79 bits per heavy atom. The van der Waals surface area contributed by atoms with Crippen LogP contribution in [0.15, 0.2) is 36.8 Å². The van der Waals surface area contributed by atoms with E-state index >= 15 is 0 Å². The second kappa shape index (κ2) is 6.80. The first-order valence-electron chi connectivity index (χ1n) is 6.24. The largest absolute Gasteiger partial charge is 0.493 e. The fraction of sp³-hybridized carbons (Fsp3) is 0.357. The first kappa shape index (κ1) is 13.4. The van der Waals surface area contributed by atoms with Crippen LogP contribution in [0.5, 0.6) is 11.5 Å². The Labute approximate surface area is 113 Å². The van der Waals surface area contributed by atoms with Gasteiger partial charge in [-0.3, -0.25) is 0 Å². The van der Waals surface area contributed by atoms with Crippen molar-refractivity contribution in [3.05, 3.63) is 42.5 Å². The van der Waals surface area contributed by atoms with Crippen LogP contribution in [0.1, 0.15) is 5.69 Å². The number of nitrogens with one attached hydrogen (secondary N) is 1. The molecule has 0 saturated carbocycles. The first-order valence-corrected chi connectivity index (χ1v) is 6.24. The van der Waals surface area contributed by atoms with E-state index in [1.54, 1.807) is 7.11 Å². The summed E-state index contributed by atoms with van der Waals surface area (Å²) in [6, 6.07) is 7.64. The Morgan fingerprint density at radius 1 is 1.26 bits per heavy atom. The summed E-state index contributed by atoms with van der Waals surface area (Å²) in [6.45, 7) is 2.12. The molecule has 0 radical (unpaired) electrons. The van der Waals surface area contributed by atoms with Gasteiger partial charge in [-0.15, -0.1) is 0 Å². The summed E-state index contributed by atoms with van der Waals surface area (Å²) >= 11 is 0. The van der Waals surface area contributed by atoms with E-state index in [0.717, 1.165) is 30.3 Å². The molecule has 19 heavy (non-hydrogen) atoms. The van der Waals surface area contributed by atoms with Crippen LogP contribution in [-0.2, 0) is 13.1 Å². The van der Waals surface area contributed by atoms with Crippen molar-refractivity contribution >= 4 is 0 Å². The molecule has 102 valence electrons. The van der Waals surface area contributed by atoms with E-state index in [9.17, 15) is 0 Å². The lowest BCUT2D eigenvalue weighted by atomic mass is 10.3. The van der Waals surface area contributed by atoms with Crippen molar-refractivity contribution in [2.45, 2.75) is 13.1 Å². The number of hydrogen-bond donors (Lipinski definition) is 1. The number of nitrogens with zero attached hydrogens (tertiary/aromatic N) is 2. The van der Waals surface area contributed by atoms with Gasteiger partial charge in [0, 0.05) is 12.7 Å². The highest BCUT2D eigenvalue weighted by molar-refractivity contribution is 5.39. The maximum absolute atomic E-state index is 5.71. The fourth-order valence-electron chi connectivity index (χ4n) is 1.80. The monoisotopic (exact) mass is 261 g/mol. The predicted molar refractivity (Wildman–Crippen MR) is 73.5 cm³/mol. The van der Waals surface area contributed by atoms with Gasteiger partial charge in [-0.05, 0) is 19.2 Å². The summed E-state index contributed by atoms with van der Waals surface area (Å²) in [5.74, 6) is 1.52. The number of hydrogen-bond acceptors (Lipinski definition) is 4. The molecule has 0 bridgehead atoms. The zero-order valence-electron chi connectivity index (χ0n) is 11.3. The molecule has 0 amide bonds. The maximum atomic E-state index is 5.71. The van der Waals surface area contributed by atoms with E-state index in [1.807, 2.05) is 48.4 Å². The van der Waals surface area contributed by atoms with Crippen LogP contribution in [0.25, 0.3) is 0 Å². The van der Waals surface area contributed by atoms with Gasteiger partial charge in [-0.2, -0.15) is 0 Å². The van der Waals surface area contributed by atoms with Crippen LogP contribution in [0.3, 0.4) is 0 Å². The molecule has 1 heterocycles. The SMILES string of the molecule is CNCc1cn(CCOc2ccccc2OC)cn1. The van der Waals surface area contributed by atoms with Gasteiger partial charge < -0.3 is 19.4 Å². The molecule has 1 aromatic heterocycles. The smallest absolute Gasteiger partial charge is 0.161 e. The zero-order chi connectivity index (χ0) is 13.5. The topological polar surface area (TPSA) is 48.3 Å². The second-order valence-corrected chi connectivity index (χ2v) is 4.13. The van der Waals surface area contributed by atoms with Gasteiger partial charge in [0.2, 0.25) is 0 Å². The second-order valence-electron chi connectivity index (χ2n) is 4.13. The van der Waals surface area contributed by atoms with Gasteiger partial charge in [-0.1, -0.05) is 12.1 Å². The molecule has 0 unspecified atom stereocenters. The van der Waals surface area contributed by atoms with E-state index in [2.05, 4.69) is 10.3 Å². The van der Waals surface area contributed by atoms with Gasteiger partial charge in [0.05, 0.1) is 25.7 Å². The average Bonchev–Trinajstić information content (AvgIpc) is 2.87. The molecule has 0 spiro atoms. The highest BCUT2D eigenvalue weighted by atomic mass is 16.5. The first-order chi connectivity index (χ1) is 9.33. The van der Waals surface area contributed by atoms with Crippen molar-refractivity contribution in [1.29, 1.82) is 0 Å². The Balaban J connectivity index is 1.85. The lowest BCUT2D eigenvalue weighted by Crippen LogP contribution is -2.08. The molecule has 1 aromatic carbocycles. The van der Waals surface area contributed by atoms with Gasteiger partial charge in [-0.25, -0.2) is 4.98 Å². The third-order valence-electron chi connectivity index (χ3n) is 2.72. The van der Waals surface area contributed by atoms with Crippen molar-refractivity contribution in [3.8, 4) is 11.5 Å². The third-order valence-corrected chi connectivity index (χ3v) is 2.72. The lowest BCUT2D eigenvalue weighted by molar-refractivity contribution is 0.279. The highest BCUT2D eigenvalue weighted by Gasteiger charge is 2.02. The molecule has 0 fully saturated rings. The van der Waals surface area contributed by atoms with Crippen molar-refractivity contribution in [3.63, 3.8) is 0 Å². The van der Waals surface area contributed by atoms with Gasteiger partial charge in [0.1, 0.15) is 6.61 Å². The summed E-state index contributed by atoms with van der Waals surface area (Å²) < 4.78 is 13.0. The molecule has 1 N–H and O–H groups in total. The molecular formula is C14H19N3O2. The zero-order valence-corrected chi connectivity index (χ0v) is 11.3. The minimum absolute atomic E-state index is 0.579. The van der Waals surface area contributed by atoms with Gasteiger partial charge in [0.15, 0.2) is 11.5 Å². The van der Waals surface area contributed by atoms with Crippen LogP contribution in [-0.4, -0.2) is 30.3 Å². The molecule has 0 atom stereocenters. The van der Waals surface area contributed by atoms with Crippen molar-refractivity contribution in [2.75, 3.05) is 20.8 Å². The molecule has 0 aliphatic heterocycles. The van der Waals surface area contributed by atoms with Gasteiger partial charge in [0.25, 0.3) is 0 Å². The highest BCUT2D eigenvalue weighted by Crippen LogP contribution is 2.25. The summed E-state index contributed by atoms with van der Waals surface area (Å²) in [7, 11) is 3.55. The summed E-state index contributed by atoms with van der Waals surface area (Å²) in [5.41, 5.74) is 1.03. The average molecular weight is 261 g/mol. The summed E-state index contributed by atoms with van der Waals surface area (Å²) in [4.78, 5) is 4.29. The molecular weight excluding hydrogens is 242 g/mol. The quantitative estimate of drug-likeness (QED) is 0.824. The number of benzene rings is 1. The summed E-state index contributed by atoms with van der Waals surface area (Å²) in [6.07, 6.45) is 3.83. The molecule has 0 saturated heterocycles. The van der Waals surface area contributed by atoms with Gasteiger partial charge >= 0.3 is 0 Å². The number of para-hydroxylation sites is 2. The van der Waals surface area contributed by atoms with Crippen molar-refractivity contribution < 1.29 is 9.47 Å². The minimum Gasteiger partial charge on any atom is -0.493 e. The lowest BCUT2D eigenvalue weighted by Gasteiger charge is -2.10. The standard InChI is InChI=1S/C14H19N3O2/c1-15-9-12-10-17(11-16-12)7-8-19-14-6-4-3-5-13(14)18-2/h3-6,10-11,15H,7-9H2,1-2H3. The van der Waals surface area contributed by atoms with E-state index in [4.69, 9.17) is 9.47 Å². The Morgan fingerprint density at radius 2 is 2.05 bits per heavy atom. The van der Waals surface area contributed by atoms with E-state index in [1.165, 1.54) is 0 Å². The fourth-order valence-corrected chi connectivity index (χ4v) is 1.80. The number of ether oxygens (including phenoxy) is 2. The minimum atomic E-state index is 0.579. The number of rotatable bonds is 7. The Kier molecular flexibility index (Phi) is 4.80. The van der Waals surface area contributed by atoms with Crippen LogP contribution >= 0.6 is 0 Å². The van der Waals surface area contributed by atoms with Crippen molar-refractivity contribution in [1.82, 2.24) is 14.9 Å². The molecule has 2 rings (SSSR count). The van der Waals surface area contributed by atoms with Crippen LogP contribution < -0.4 is 14.8 Å². The normalized spacial score (nSPS) is 10.4. The Hall–Kier alpha value is -2.01. The van der Waals surface area contributed by atoms with E-state index in [-0.39, 0.29) is 0 Å². The molecule has 2 aromatic rings. The number of aromatic nitrogens is 2. The molecule has 5 nitrogen and oxygen atoms in total. The molecule has 5 heteroatoms. The number of imidazole rings is 1. The van der Waals surface area contributed by atoms with Crippen LogP contribution in [0.4, 0.5) is 0 Å². The van der Waals surface area contributed by atoms with E-state index < -0.39 is 0 Å².